The predicted molar refractivity (Wildman–Crippen MR) is 74.4 cm³/mol. The van der Waals surface area contributed by atoms with Crippen LogP contribution in [0.3, 0.4) is 0 Å². The Morgan fingerprint density at radius 2 is 1.85 bits per heavy atom. The van der Waals surface area contributed by atoms with E-state index in [2.05, 4.69) is 0 Å². The lowest BCUT2D eigenvalue weighted by molar-refractivity contribution is -0.141. The van der Waals surface area contributed by atoms with Gasteiger partial charge in [-0.2, -0.15) is 0 Å². The molecule has 0 aromatic heterocycles. The zero-order chi connectivity index (χ0) is 15.3. The number of aryl methyl sites for hydroxylation is 1. The molecule has 0 aliphatic rings. The summed E-state index contributed by atoms with van der Waals surface area (Å²) >= 11 is 0. The van der Waals surface area contributed by atoms with Crippen molar-refractivity contribution in [3.63, 3.8) is 0 Å². The van der Waals surface area contributed by atoms with E-state index in [1.54, 1.807) is 24.3 Å². The number of ketones is 1. The molecule has 1 unspecified atom stereocenters. The highest BCUT2D eigenvalue weighted by Crippen LogP contribution is 2.19. The summed E-state index contributed by atoms with van der Waals surface area (Å²) in [6, 6.07) is 6.51. The van der Waals surface area contributed by atoms with Crippen LogP contribution in [0.4, 0.5) is 0 Å². The summed E-state index contributed by atoms with van der Waals surface area (Å²) in [5.41, 5.74) is 10.2. The smallest absolute Gasteiger partial charge is 0.331 e. The van der Waals surface area contributed by atoms with E-state index in [1.807, 2.05) is 6.92 Å². The first-order chi connectivity index (χ1) is 9.31. The van der Waals surface area contributed by atoms with Crippen molar-refractivity contribution >= 4 is 11.8 Å². The molecule has 1 rings (SSSR count). The van der Waals surface area contributed by atoms with Crippen molar-refractivity contribution in [1.29, 1.82) is 0 Å². The molecule has 2 atom stereocenters. The molecule has 6 heteroatoms. The van der Waals surface area contributed by atoms with Crippen LogP contribution in [0.25, 0.3) is 0 Å². The lowest BCUT2D eigenvalue weighted by Gasteiger charge is -2.24. The third kappa shape index (κ3) is 3.63. The zero-order valence-electron chi connectivity index (χ0n) is 11.4. The first-order valence-corrected chi connectivity index (χ1v) is 6.33. The Hall–Kier alpha value is -1.76. The largest absolute Gasteiger partial charge is 0.480 e. The highest BCUT2D eigenvalue weighted by molar-refractivity contribution is 6.15. The molecule has 0 fully saturated rings. The lowest BCUT2D eigenvalue weighted by Crippen LogP contribution is -2.55. The number of hydrogen-bond donors (Lipinski definition) is 4. The van der Waals surface area contributed by atoms with Crippen LogP contribution in [0.15, 0.2) is 24.3 Å². The number of aliphatic carboxylic acids is 1. The molecule has 110 valence electrons. The van der Waals surface area contributed by atoms with Crippen LogP contribution in [0.5, 0.6) is 0 Å². The number of carbonyl (C=O) groups excluding carboxylic acids is 1. The minimum Gasteiger partial charge on any atom is -0.480 e. The van der Waals surface area contributed by atoms with E-state index in [4.69, 9.17) is 11.5 Å². The van der Waals surface area contributed by atoms with Crippen LogP contribution >= 0.6 is 0 Å². The minimum atomic E-state index is -2.05. The van der Waals surface area contributed by atoms with Crippen LogP contribution in [-0.4, -0.2) is 40.2 Å². The van der Waals surface area contributed by atoms with Crippen molar-refractivity contribution in [3.05, 3.63) is 35.4 Å². The molecule has 0 saturated heterocycles. The number of Topliss-reactive ketones (excluding diaryl/α,β-unsaturated/α-hetero) is 1. The highest BCUT2D eigenvalue weighted by atomic mass is 16.4. The predicted octanol–water partition coefficient (Wildman–Crippen LogP) is 0.0596. The van der Waals surface area contributed by atoms with Crippen molar-refractivity contribution in [2.45, 2.75) is 31.4 Å². The molecule has 0 radical (unpaired) electrons. The molecule has 0 saturated carbocycles. The van der Waals surface area contributed by atoms with Gasteiger partial charge in [-0.25, -0.2) is 4.79 Å². The molecular weight excluding hydrogens is 260 g/mol. The summed E-state index contributed by atoms with van der Waals surface area (Å²) in [6.07, 6.45) is -0.993. The van der Waals surface area contributed by atoms with Crippen molar-refractivity contribution in [2.75, 3.05) is 6.54 Å². The molecule has 1 aromatic rings. The fourth-order valence-electron chi connectivity index (χ4n) is 1.79. The fourth-order valence-corrected chi connectivity index (χ4v) is 1.79. The Bertz CT molecular complexity index is 486. The fraction of sp³-hybridized carbons (Fsp3) is 0.429. The summed E-state index contributed by atoms with van der Waals surface area (Å²) in [5, 5.41) is 18.7. The van der Waals surface area contributed by atoms with Crippen molar-refractivity contribution in [2.24, 2.45) is 11.5 Å². The number of hydrogen-bond acceptors (Lipinski definition) is 5. The molecule has 20 heavy (non-hydrogen) atoms. The maximum atomic E-state index is 12.3. The van der Waals surface area contributed by atoms with Gasteiger partial charge in [0, 0.05) is 12.1 Å². The number of aliphatic hydroxyl groups excluding tert-OH is 1. The Labute approximate surface area is 117 Å². The second-order valence-corrected chi connectivity index (χ2v) is 4.90. The zero-order valence-corrected chi connectivity index (χ0v) is 11.4. The van der Waals surface area contributed by atoms with Crippen LogP contribution in [-0.2, 0) is 4.79 Å². The first-order valence-electron chi connectivity index (χ1n) is 6.33. The Morgan fingerprint density at radius 1 is 1.30 bits per heavy atom. The van der Waals surface area contributed by atoms with Gasteiger partial charge in [-0.15, -0.1) is 0 Å². The molecule has 1 aromatic carbocycles. The number of carboxylic acids is 1. The van der Waals surface area contributed by atoms with E-state index in [-0.39, 0.29) is 24.9 Å². The first kappa shape index (κ1) is 16.3. The number of carbonyl (C=O) groups is 2. The van der Waals surface area contributed by atoms with Crippen molar-refractivity contribution in [3.8, 4) is 0 Å². The maximum Gasteiger partial charge on any atom is 0.331 e. The molecule has 0 amide bonds. The van der Waals surface area contributed by atoms with Crippen LogP contribution in [0.2, 0.25) is 0 Å². The van der Waals surface area contributed by atoms with Gasteiger partial charge < -0.3 is 21.7 Å². The molecule has 0 aliphatic carbocycles. The molecule has 0 aliphatic heterocycles. The summed E-state index contributed by atoms with van der Waals surface area (Å²) in [7, 11) is 0. The SMILES string of the molecule is Cc1ccc(C(=O)[C@](N)(CCC(O)CN)C(=O)O)cc1. The van der Waals surface area contributed by atoms with Crippen LogP contribution < -0.4 is 11.5 Å². The summed E-state index contributed by atoms with van der Waals surface area (Å²) in [4.78, 5) is 23.6. The topological polar surface area (TPSA) is 127 Å². The summed E-state index contributed by atoms with van der Waals surface area (Å²) in [5.74, 6) is -2.08. The third-order valence-corrected chi connectivity index (χ3v) is 3.24. The van der Waals surface area contributed by atoms with Gasteiger partial charge in [0.15, 0.2) is 11.3 Å². The van der Waals surface area contributed by atoms with Gasteiger partial charge in [0.1, 0.15) is 0 Å². The minimum absolute atomic E-state index is 0.00553. The normalized spacial score (nSPS) is 15.4. The lowest BCUT2D eigenvalue weighted by atomic mass is 9.85. The van der Waals surface area contributed by atoms with Crippen molar-refractivity contribution in [1.82, 2.24) is 0 Å². The van der Waals surface area contributed by atoms with E-state index in [1.165, 1.54) is 0 Å². The number of benzene rings is 1. The third-order valence-electron chi connectivity index (χ3n) is 3.24. The second-order valence-electron chi connectivity index (χ2n) is 4.90. The average Bonchev–Trinajstić information content (AvgIpc) is 2.44. The summed E-state index contributed by atoms with van der Waals surface area (Å²) in [6.45, 7) is 1.85. The second kappa shape index (κ2) is 6.60. The van der Waals surface area contributed by atoms with Gasteiger partial charge in [0.25, 0.3) is 0 Å². The molecule has 0 bridgehead atoms. The highest BCUT2D eigenvalue weighted by Gasteiger charge is 2.42. The summed E-state index contributed by atoms with van der Waals surface area (Å²) < 4.78 is 0. The van der Waals surface area contributed by atoms with Gasteiger partial charge >= 0.3 is 5.97 Å². The molecule has 6 N–H and O–H groups in total. The Balaban J connectivity index is 2.97. The average molecular weight is 280 g/mol. The van der Waals surface area contributed by atoms with E-state index >= 15 is 0 Å². The van der Waals surface area contributed by atoms with Gasteiger partial charge in [-0.05, 0) is 19.8 Å². The number of nitrogens with two attached hydrogens (primary N) is 2. The van der Waals surface area contributed by atoms with Gasteiger partial charge in [-0.3, -0.25) is 4.79 Å². The van der Waals surface area contributed by atoms with E-state index in [0.717, 1.165) is 5.56 Å². The Morgan fingerprint density at radius 3 is 2.30 bits per heavy atom. The molecule has 6 nitrogen and oxygen atoms in total. The monoisotopic (exact) mass is 280 g/mol. The van der Waals surface area contributed by atoms with Gasteiger partial charge in [-0.1, -0.05) is 29.8 Å². The number of carboxylic acid groups (broad SMARTS) is 1. The quantitative estimate of drug-likeness (QED) is 0.413. The van der Waals surface area contributed by atoms with E-state index < -0.39 is 23.4 Å². The standard InChI is InChI=1S/C14H20N2O4/c1-9-2-4-10(5-3-9)12(18)14(16,13(19)20)7-6-11(17)8-15/h2-5,11,17H,6-8,15-16H2,1H3,(H,19,20)/t11?,14-/m1/s1. The number of rotatable bonds is 7. The van der Waals surface area contributed by atoms with E-state index in [9.17, 15) is 19.8 Å². The van der Waals surface area contributed by atoms with Gasteiger partial charge in [0.05, 0.1) is 6.10 Å². The van der Waals surface area contributed by atoms with Crippen LogP contribution in [0.1, 0.15) is 28.8 Å². The molecular formula is C14H20N2O4. The maximum absolute atomic E-state index is 12.3. The number of aliphatic hydroxyl groups is 1. The molecule has 0 spiro atoms. The Kier molecular flexibility index (Phi) is 5.38. The molecule has 0 heterocycles. The van der Waals surface area contributed by atoms with Crippen molar-refractivity contribution < 1.29 is 19.8 Å². The van der Waals surface area contributed by atoms with Crippen LogP contribution in [0, 0.1) is 6.92 Å². The van der Waals surface area contributed by atoms with Gasteiger partial charge in [0.2, 0.25) is 0 Å². The van der Waals surface area contributed by atoms with E-state index in [0.29, 0.717) is 0 Å².